The van der Waals surface area contributed by atoms with E-state index in [4.69, 9.17) is 0 Å². The van der Waals surface area contributed by atoms with Crippen LogP contribution < -0.4 is 5.32 Å². The maximum Gasteiger partial charge on any atom is 0.0921 e. The van der Waals surface area contributed by atoms with Crippen molar-refractivity contribution in [3.8, 4) is 0 Å². The van der Waals surface area contributed by atoms with Crippen molar-refractivity contribution < 1.29 is 8.97 Å². The first-order valence-electron chi connectivity index (χ1n) is 10.2. The Morgan fingerprint density at radius 3 is 1.71 bits per heavy atom. The lowest BCUT2D eigenvalue weighted by molar-refractivity contribution is -0.917. The predicted molar refractivity (Wildman–Crippen MR) is 107 cm³/mol. The molecule has 24 heavy (non-hydrogen) atoms. The van der Waals surface area contributed by atoms with E-state index in [-0.39, 0.29) is 11.1 Å². The number of quaternary nitrogens is 2. The Labute approximate surface area is 153 Å². The lowest BCUT2D eigenvalue weighted by Crippen LogP contribution is -2.65. The first-order chi connectivity index (χ1) is 10.8. The van der Waals surface area contributed by atoms with E-state index < -0.39 is 0 Å². The summed E-state index contributed by atoms with van der Waals surface area (Å²) in [5.41, 5.74) is 0.511. The Morgan fingerprint density at radius 1 is 0.792 bits per heavy atom. The molecule has 1 saturated heterocycles. The van der Waals surface area contributed by atoms with Crippen molar-refractivity contribution in [3.63, 3.8) is 0 Å². The van der Waals surface area contributed by atoms with Crippen molar-refractivity contribution in [1.29, 1.82) is 0 Å². The van der Waals surface area contributed by atoms with E-state index in [0.717, 1.165) is 6.04 Å². The van der Waals surface area contributed by atoms with Gasteiger partial charge in [0.15, 0.2) is 0 Å². The van der Waals surface area contributed by atoms with Gasteiger partial charge in [-0.25, -0.2) is 0 Å². The van der Waals surface area contributed by atoms with Gasteiger partial charge in [-0.05, 0) is 60.3 Å². The molecule has 0 bridgehead atoms. The van der Waals surface area contributed by atoms with Crippen LogP contribution in [0.3, 0.4) is 0 Å². The van der Waals surface area contributed by atoms with Crippen LogP contribution in [0.25, 0.3) is 0 Å². The smallest absolute Gasteiger partial charge is 0.0921 e. The molecule has 1 fully saturated rings. The van der Waals surface area contributed by atoms with Crippen LogP contribution in [0.4, 0.5) is 0 Å². The van der Waals surface area contributed by atoms with Gasteiger partial charge in [0, 0.05) is 23.9 Å². The molecule has 3 heteroatoms. The molecule has 0 radical (unpaired) electrons. The number of hydrogen-bond donors (Lipinski definition) is 1. The molecule has 0 aromatic carbocycles. The normalized spacial score (nSPS) is 21.9. The molecule has 0 atom stereocenters. The molecule has 0 aliphatic carbocycles. The van der Waals surface area contributed by atoms with Gasteiger partial charge in [-0.1, -0.05) is 0 Å². The zero-order valence-electron chi connectivity index (χ0n) is 18.3. The fraction of sp³-hybridized carbons (Fsp3) is 1.00. The topological polar surface area (TPSA) is 12.0 Å². The third-order valence-electron chi connectivity index (χ3n) is 6.26. The first-order valence-corrected chi connectivity index (χ1v) is 10.2. The van der Waals surface area contributed by atoms with E-state index in [9.17, 15) is 0 Å². The lowest BCUT2D eigenvalue weighted by atomic mass is 9.78. The monoisotopic (exact) mass is 341 g/mol. The van der Waals surface area contributed by atoms with E-state index in [0.29, 0.717) is 0 Å². The fourth-order valence-corrected chi connectivity index (χ4v) is 4.52. The largest absolute Gasteiger partial charge is 0.329 e. The highest BCUT2D eigenvalue weighted by atomic mass is 15.3. The Morgan fingerprint density at radius 2 is 1.25 bits per heavy atom. The van der Waals surface area contributed by atoms with Crippen LogP contribution in [-0.2, 0) is 0 Å². The Hall–Kier alpha value is -0.120. The lowest BCUT2D eigenvalue weighted by Gasteiger charge is -2.51. The molecule has 0 aromatic heterocycles. The summed E-state index contributed by atoms with van der Waals surface area (Å²) >= 11 is 0. The molecule has 1 heterocycles. The number of nitrogens with one attached hydrogen (secondary N) is 1. The molecule has 1 rings (SSSR count). The Bertz CT molecular complexity index is 367. The average molecular weight is 342 g/mol. The predicted octanol–water partition coefficient (Wildman–Crippen LogP) is 4.03. The molecule has 1 N–H and O–H groups in total. The SMILES string of the molecule is CC[N+](C)(C)CCCCCC[N+](C)(C)C1CC(C)(C)NC(C)(C)C1. The molecular formula is C21H47N3+2. The van der Waals surface area contributed by atoms with Crippen LogP contribution in [0.2, 0.25) is 0 Å². The molecule has 144 valence electrons. The van der Waals surface area contributed by atoms with Crippen molar-refractivity contribution in [2.75, 3.05) is 47.8 Å². The zero-order valence-corrected chi connectivity index (χ0v) is 18.3. The van der Waals surface area contributed by atoms with Crippen LogP contribution in [0, 0.1) is 0 Å². The summed E-state index contributed by atoms with van der Waals surface area (Å²) in [5.74, 6) is 0. The van der Waals surface area contributed by atoms with Gasteiger partial charge in [0.25, 0.3) is 0 Å². The molecule has 0 saturated carbocycles. The van der Waals surface area contributed by atoms with Crippen molar-refractivity contribution >= 4 is 0 Å². The number of hydrogen-bond acceptors (Lipinski definition) is 1. The third kappa shape index (κ3) is 7.41. The summed E-state index contributed by atoms with van der Waals surface area (Å²) in [6.07, 6.45) is 8.10. The highest BCUT2D eigenvalue weighted by Gasteiger charge is 2.44. The second-order valence-electron chi connectivity index (χ2n) is 10.8. The van der Waals surface area contributed by atoms with E-state index in [2.05, 4.69) is 68.1 Å². The molecule has 0 aromatic rings. The molecule has 3 nitrogen and oxygen atoms in total. The number of unbranched alkanes of at least 4 members (excludes halogenated alkanes) is 3. The second-order valence-corrected chi connectivity index (χ2v) is 10.8. The number of rotatable bonds is 9. The van der Waals surface area contributed by atoms with Crippen molar-refractivity contribution in [3.05, 3.63) is 0 Å². The van der Waals surface area contributed by atoms with Crippen molar-refractivity contribution in [2.45, 2.75) is 90.3 Å². The minimum Gasteiger partial charge on any atom is -0.329 e. The quantitative estimate of drug-likeness (QED) is 0.493. The van der Waals surface area contributed by atoms with E-state index >= 15 is 0 Å². The minimum atomic E-state index is 0.256. The summed E-state index contributed by atoms with van der Waals surface area (Å²) in [6, 6.07) is 0.770. The molecule has 1 aliphatic rings. The first kappa shape index (κ1) is 21.9. The summed E-state index contributed by atoms with van der Waals surface area (Å²) < 4.78 is 2.35. The maximum atomic E-state index is 3.83. The van der Waals surface area contributed by atoms with E-state index in [1.54, 1.807) is 0 Å². The Kier molecular flexibility index (Phi) is 7.36. The summed E-state index contributed by atoms with van der Waals surface area (Å²) in [6.45, 7) is 15.7. The van der Waals surface area contributed by atoms with Gasteiger partial charge in [0.2, 0.25) is 0 Å². The fourth-order valence-electron chi connectivity index (χ4n) is 4.52. The van der Waals surface area contributed by atoms with Gasteiger partial charge in [0.1, 0.15) is 0 Å². The standard InChI is InChI=1S/C21H47N3/c1-10-23(6,7)15-13-11-12-14-16-24(8,9)19-17-20(2,3)22-21(4,5)18-19/h19,22H,10-18H2,1-9H3/q+2. The molecule has 0 amide bonds. The average Bonchev–Trinajstić information content (AvgIpc) is 2.39. The maximum absolute atomic E-state index is 3.83. The summed E-state index contributed by atoms with van der Waals surface area (Å²) in [4.78, 5) is 0. The van der Waals surface area contributed by atoms with Crippen molar-refractivity contribution in [2.24, 2.45) is 0 Å². The van der Waals surface area contributed by atoms with E-state index in [1.807, 2.05) is 0 Å². The van der Waals surface area contributed by atoms with Crippen molar-refractivity contribution in [1.82, 2.24) is 5.32 Å². The third-order valence-corrected chi connectivity index (χ3v) is 6.26. The highest BCUT2D eigenvalue weighted by Crippen LogP contribution is 2.33. The van der Waals surface area contributed by atoms with Gasteiger partial charge in [-0.3, -0.25) is 0 Å². The zero-order chi connectivity index (χ0) is 18.6. The summed E-state index contributed by atoms with van der Waals surface area (Å²) in [5, 5.41) is 3.83. The van der Waals surface area contributed by atoms with Gasteiger partial charge in [-0.15, -0.1) is 0 Å². The molecule has 1 aliphatic heterocycles. The summed E-state index contributed by atoms with van der Waals surface area (Å²) in [7, 11) is 9.61. The number of nitrogens with zero attached hydrogens (tertiary/aromatic N) is 2. The number of piperidine rings is 1. The molecule has 0 spiro atoms. The second kappa shape index (κ2) is 8.05. The molecule has 0 unspecified atom stereocenters. The highest BCUT2D eigenvalue weighted by molar-refractivity contribution is 4.97. The Balaban J connectivity index is 2.38. The van der Waals surface area contributed by atoms with Crippen LogP contribution in [0.15, 0.2) is 0 Å². The minimum absolute atomic E-state index is 0.256. The van der Waals surface area contributed by atoms with Gasteiger partial charge < -0.3 is 14.3 Å². The molecular weight excluding hydrogens is 294 g/mol. The van der Waals surface area contributed by atoms with Crippen LogP contribution in [0.1, 0.15) is 73.1 Å². The van der Waals surface area contributed by atoms with E-state index in [1.165, 1.54) is 67.1 Å². The van der Waals surface area contributed by atoms with Gasteiger partial charge in [0.05, 0.1) is 53.9 Å². The van der Waals surface area contributed by atoms with Crippen LogP contribution in [-0.4, -0.2) is 73.9 Å². The van der Waals surface area contributed by atoms with Gasteiger partial charge in [-0.2, -0.15) is 0 Å². The van der Waals surface area contributed by atoms with Crippen LogP contribution >= 0.6 is 0 Å². The van der Waals surface area contributed by atoms with Crippen LogP contribution in [0.5, 0.6) is 0 Å². The van der Waals surface area contributed by atoms with Gasteiger partial charge >= 0.3 is 0 Å².